The third-order valence-electron chi connectivity index (χ3n) is 4.80. The van der Waals surface area contributed by atoms with Crippen LogP contribution in [0.25, 0.3) is 0 Å². The normalized spacial score (nSPS) is 32.4. The van der Waals surface area contributed by atoms with Crippen molar-refractivity contribution in [1.29, 1.82) is 0 Å². The minimum atomic E-state index is -0.763. The molecule has 4 nitrogen and oxygen atoms in total. The van der Waals surface area contributed by atoms with Gasteiger partial charge in [0, 0.05) is 43.4 Å². The second-order valence-corrected chi connectivity index (χ2v) is 8.05. The van der Waals surface area contributed by atoms with E-state index in [4.69, 9.17) is 4.74 Å². The molecule has 0 radical (unpaired) electrons. The molecule has 1 atom stereocenters. The van der Waals surface area contributed by atoms with Crippen LogP contribution >= 0.6 is 11.8 Å². The topological polar surface area (TPSA) is 42.4 Å². The number of amides is 1. The van der Waals surface area contributed by atoms with Crippen molar-refractivity contribution in [3.63, 3.8) is 0 Å². The third-order valence-corrected chi connectivity index (χ3v) is 6.38. The highest BCUT2D eigenvalue weighted by molar-refractivity contribution is 8.01. The Morgan fingerprint density at radius 3 is 2.91 bits per heavy atom. The second kappa shape index (κ2) is 5.41. The Balaban J connectivity index is 1.28. The molecule has 1 saturated carbocycles. The number of hydrogen-bond donors (Lipinski definition) is 0. The summed E-state index contributed by atoms with van der Waals surface area (Å²) in [5.74, 6) is 1.68. The van der Waals surface area contributed by atoms with E-state index in [2.05, 4.69) is 4.98 Å². The Bertz CT molecular complexity index is 559. The lowest BCUT2D eigenvalue weighted by molar-refractivity contribution is -0.146. The first-order valence-corrected chi connectivity index (χ1v) is 8.77. The van der Waals surface area contributed by atoms with Crippen LogP contribution in [0.5, 0.6) is 5.88 Å². The van der Waals surface area contributed by atoms with Crippen LogP contribution in [0.15, 0.2) is 24.4 Å². The molecule has 1 aromatic rings. The summed E-state index contributed by atoms with van der Waals surface area (Å²) < 4.78 is 18.9. The maximum atomic E-state index is 12.9. The van der Waals surface area contributed by atoms with Gasteiger partial charge in [0.05, 0.1) is 4.75 Å². The van der Waals surface area contributed by atoms with Gasteiger partial charge in [-0.25, -0.2) is 9.37 Å². The minimum Gasteiger partial charge on any atom is -0.473 e. The fraction of sp³-hybridized carbons (Fsp3) is 0.625. The van der Waals surface area contributed by atoms with Gasteiger partial charge in [0.2, 0.25) is 11.8 Å². The molecule has 1 spiro atoms. The molecule has 0 N–H and O–H groups in total. The zero-order valence-electron chi connectivity index (χ0n) is 12.3. The predicted molar refractivity (Wildman–Crippen MR) is 82.7 cm³/mol. The van der Waals surface area contributed by atoms with E-state index in [1.807, 2.05) is 34.9 Å². The van der Waals surface area contributed by atoms with Gasteiger partial charge < -0.3 is 9.64 Å². The molecule has 2 saturated heterocycles. The van der Waals surface area contributed by atoms with E-state index in [1.165, 1.54) is 0 Å². The standard InChI is InChI=1S/C16H19FN2O2S/c17-12-5-11(6-12)15(20)19-9-16(10-19)7-13(8-22-16)21-14-3-1-2-4-18-14/h1-4,11-13H,5-10H2/t11?,12?,13-/m1/s1. The van der Waals surface area contributed by atoms with Gasteiger partial charge in [0.1, 0.15) is 12.3 Å². The van der Waals surface area contributed by atoms with Gasteiger partial charge in [-0.1, -0.05) is 6.07 Å². The van der Waals surface area contributed by atoms with Gasteiger partial charge in [-0.15, -0.1) is 11.8 Å². The van der Waals surface area contributed by atoms with Crippen LogP contribution in [0.3, 0.4) is 0 Å². The SMILES string of the molecule is O=C(C1CC(F)C1)N1CC2(C[C@@H](Oc3ccccn3)CS2)C1. The molecule has 0 bridgehead atoms. The van der Waals surface area contributed by atoms with Crippen molar-refractivity contribution in [1.82, 2.24) is 9.88 Å². The molecule has 118 valence electrons. The molecule has 1 aromatic heterocycles. The lowest BCUT2D eigenvalue weighted by atomic mass is 9.80. The molecule has 3 fully saturated rings. The molecule has 1 aliphatic carbocycles. The number of thioether (sulfide) groups is 1. The summed E-state index contributed by atoms with van der Waals surface area (Å²) in [4.78, 5) is 18.3. The third kappa shape index (κ3) is 2.57. The number of alkyl halides is 1. The summed E-state index contributed by atoms with van der Waals surface area (Å²) in [6.45, 7) is 1.57. The molecule has 0 aromatic carbocycles. The summed E-state index contributed by atoms with van der Waals surface area (Å²) >= 11 is 1.90. The zero-order chi connectivity index (χ0) is 15.2. The van der Waals surface area contributed by atoms with Crippen molar-refractivity contribution in [3.05, 3.63) is 24.4 Å². The average Bonchev–Trinajstić information content (AvgIpc) is 2.87. The molecule has 22 heavy (non-hydrogen) atoms. The van der Waals surface area contributed by atoms with Crippen LogP contribution in [0.4, 0.5) is 4.39 Å². The molecule has 1 amide bonds. The Labute approximate surface area is 133 Å². The van der Waals surface area contributed by atoms with E-state index >= 15 is 0 Å². The first kappa shape index (κ1) is 14.3. The highest BCUT2D eigenvalue weighted by Gasteiger charge is 2.53. The largest absolute Gasteiger partial charge is 0.473 e. The summed E-state index contributed by atoms with van der Waals surface area (Å²) in [5, 5.41) is 0. The van der Waals surface area contributed by atoms with Gasteiger partial charge in [0.25, 0.3) is 0 Å². The Kier molecular flexibility index (Phi) is 3.51. The monoisotopic (exact) mass is 322 g/mol. The summed E-state index contributed by atoms with van der Waals surface area (Å²) in [5.41, 5.74) is 0. The van der Waals surface area contributed by atoms with Crippen LogP contribution in [-0.2, 0) is 4.79 Å². The van der Waals surface area contributed by atoms with Gasteiger partial charge in [0.15, 0.2) is 0 Å². The maximum absolute atomic E-state index is 12.9. The van der Waals surface area contributed by atoms with Crippen LogP contribution in [0, 0.1) is 5.92 Å². The highest BCUT2D eigenvalue weighted by Crippen LogP contribution is 2.47. The lowest BCUT2D eigenvalue weighted by Crippen LogP contribution is -2.62. The van der Waals surface area contributed by atoms with E-state index in [1.54, 1.807) is 6.20 Å². The summed E-state index contributed by atoms with van der Waals surface area (Å²) in [6.07, 6.45) is 2.92. The number of halogens is 1. The fourth-order valence-corrected chi connectivity index (χ4v) is 5.02. The van der Waals surface area contributed by atoms with Crippen molar-refractivity contribution in [2.24, 2.45) is 5.92 Å². The number of ether oxygens (including phenoxy) is 1. The second-order valence-electron chi connectivity index (χ2n) is 6.57. The number of hydrogen-bond acceptors (Lipinski definition) is 4. The van der Waals surface area contributed by atoms with Gasteiger partial charge in [-0.05, 0) is 18.9 Å². The Morgan fingerprint density at radius 1 is 1.41 bits per heavy atom. The fourth-order valence-electron chi connectivity index (χ4n) is 3.50. The van der Waals surface area contributed by atoms with Crippen LogP contribution in [0.2, 0.25) is 0 Å². The van der Waals surface area contributed by atoms with Crippen molar-refractivity contribution in [3.8, 4) is 5.88 Å². The van der Waals surface area contributed by atoms with Gasteiger partial charge in [-0.2, -0.15) is 0 Å². The molecule has 3 aliphatic rings. The zero-order valence-corrected chi connectivity index (χ0v) is 13.1. The maximum Gasteiger partial charge on any atom is 0.225 e. The average molecular weight is 322 g/mol. The summed E-state index contributed by atoms with van der Waals surface area (Å²) in [7, 11) is 0. The first-order chi connectivity index (χ1) is 10.6. The first-order valence-electron chi connectivity index (χ1n) is 7.78. The number of aromatic nitrogens is 1. The lowest BCUT2D eigenvalue weighted by Gasteiger charge is -2.49. The molecule has 3 heterocycles. The number of nitrogens with zero attached hydrogens (tertiary/aromatic N) is 2. The van der Waals surface area contributed by atoms with Crippen LogP contribution in [0.1, 0.15) is 19.3 Å². The quantitative estimate of drug-likeness (QED) is 0.856. The summed E-state index contributed by atoms with van der Waals surface area (Å²) in [6, 6.07) is 5.66. The van der Waals surface area contributed by atoms with E-state index in [0.29, 0.717) is 18.7 Å². The predicted octanol–water partition coefficient (Wildman–Crippen LogP) is 2.29. The van der Waals surface area contributed by atoms with Crippen molar-refractivity contribution in [2.45, 2.75) is 36.3 Å². The highest BCUT2D eigenvalue weighted by atomic mass is 32.2. The molecular formula is C16H19FN2O2S. The van der Waals surface area contributed by atoms with E-state index in [9.17, 15) is 9.18 Å². The molecule has 6 heteroatoms. The van der Waals surface area contributed by atoms with Crippen molar-refractivity contribution < 1.29 is 13.9 Å². The van der Waals surface area contributed by atoms with E-state index < -0.39 is 6.17 Å². The number of carbonyl (C=O) groups is 1. The molecule has 2 aliphatic heterocycles. The number of carbonyl (C=O) groups excluding carboxylic acids is 1. The number of pyridine rings is 1. The van der Waals surface area contributed by atoms with Gasteiger partial charge >= 0.3 is 0 Å². The minimum absolute atomic E-state index is 0.0701. The molecular weight excluding hydrogens is 303 g/mol. The molecule has 4 rings (SSSR count). The van der Waals surface area contributed by atoms with Crippen LogP contribution in [-0.4, -0.2) is 51.7 Å². The van der Waals surface area contributed by atoms with Crippen LogP contribution < -0.4 is 4.74 Å². The van der Waals surface area contributed by atoms with Crippen molar-refractivity contribution in [2.75, 3.05) is 18.8 Å². The van der Waals surface area contributed by atoms with E-state index in [0.717, 1.165) is 25.3 Å². The van der Waals surface area contributed by atoms with E-state index in [-0.39, 0.29) is 22.7 Å². The Morgan fingerprint density at radius 2 is 2.23 bits per heavy atom. The Hall–Kier alpha value is -1.30. The van der Waals surface area contributed by atoms with Crippen molar-refractivity contribution >= 4 is 17.7 Å². The number of likely N-dealkylation sites (tertiary alicyclic amines) is 1. The molecule has 0 unspecified atom stereocenters. The van der Waals surface area contributed by atoms with Gasteiger partial charge in [-0.3, -0.25) is 4.79 Å². The number of rotatable bonds is 3. The smallest absolute Gasteiger partial charge is 0.225 e.